The molecular weight excluding hydrogens is 424 g/mol. The van der Waals surface area contributed by atoms with Crippen molar-refractivity contribution in [2.75, 3.05) is 45.2 Å². The first kappa shape index (κ1) is 23.1. The first-order valence-electron chi connectivity index (χ1n) is 12.6. The smallest absolute Gasteiger partial charge is 0.240 e. The van der Waals surface area contributed by atoms with Crippen LogP contribution >= 0.6 is 0 Å². The van der Waals surface area contributed by atoms with Crippen LogP contribution < -0.4 is 9.64 Å². The molecule has 3 aliphatic rings. The van der Waals surface area contributed by atoms with Crippen molar-refractivity contribution in [2.24, 2.45) is 10.4 Å². The predicted octanol–water partition coefficient (Wildman–Crippen LogP) is 4.65. The Labute approximate surface area is 203 Å². The van der Waals surface area contributed by atoms with Gasteiger partial charge in [0.25, 0.3) is 0 Å². The summed E-state index contributed by atoms with van der Waals surface area (Å²) in [7, 11) is 3.85. The number of aliphatic imine (C=N–C) groups is 1. The number of rotatable bonds is 4. The molecule has 0 aromatic heterocycles. The van der Waals surface area contributed by atoms with E-state index in [-0.39, 0.29) is 11.9 Å². The van der Waals surface area contributed by atoms with E-state index < -0.39 is 5.41 Å². The van der Waals surface area contributed by atoms with Gasteiger partial charge in [0.15, 0.2) is 0 Å². The normalized spacial score (nSPS) is 24.8. The lowest BCUT2D eigenvalue weighted by molar-refractivity contribution is -0.130. The third-order valence-corrected chi connectivity index (χ3v) is 7.88. The Bertz CT molecular complexity index is 1030. The van der Waals surface area contributed by atoms with Crippen molar-refractivity contribution in [1.29, 1.82) is 0 Å². The predicted molar refractivity (Wildman–Crippen MR) is 137 cm³/mol. The summed E-state index contributed by atoms with van der Waals surface area (Å²) in [5.74, 6) is 1.92. The van der Waals surface area contributed by atoms with Crippen LogP contribution in [0.3, 0.4) is 0 Å². The first-order valence-corrected chi connectivity index (χ1v) is 12.6. The number of carbonyl (C=O) groups excluding carboxylic acids is 1. The molecule has 34 heavy (non-hydrogen) atoms. The van der Waals surface area contributed by atoms with Crippen LogP contribution in [-0.4, -0.2) is 67.9 Å². The number of ether oxygens (including phenoxy) is 1. The van der Waals surface area contributed by atoms with Gasteiger partial charge in [0.2, 0.25) is 5.91 Å². The molecule has 1 unspecified atom stereocenters. The van der Waals surface area contributed by atoms with Crippen molar-refractivity contribution in [3.63, 3.8) is 0 Å². The number of likely N-dealkylation sites (N-methyl/N-ethyl adjacent to an activating group) is 1. The van der Waals surface area contributed by atoms with Crippen molar-refractivity contribution in [3.8, 4) is 5.75 Å². The number of anilines is 1. The van der Waals surface area contributed by atoms with E-state index in [9.17, 15) is 4.79 Å². The molecular formula is C28H36N4O2. The minimum Gasteiger partial charge on any atom is -0.497 e. The SMILES string of the molecule is COc1ccc(N=C2C(N3CCN(C)CC3)C3(CCCCC3)C(=O)N2c2ccc(C)cc2)cc1. The summed E-state index contributed by atoms with van der Waals surface area (Å²) in [6, 6.07) is 16.2. The van der Waals surface area contributed by atoms with Crippen LogP contribution in [0.15, 0.2) is 53.5 Å². The lowest BCUT2D eigenvalue weighted by Crippen LogP contribution is -2.57. The Hall–Kier alpha value is -2.70. The monoisotopic (exact) mass is 460 g/mol. The lowest BCUT2D eigenvalue weighted by atomic mass is 9.69. The fourth-order valence-electron chi connectivity index (χ4n) is 5.92. The van der Waals surface area contributed by atoms with Crippen LogP contribution in [0.5, 0.6) is 5.75 Å². The van der Waals surface area contributed by atoms with Crippen molar-refractivity contribution in [1.82, 2.24) is 9.80 Å². The van der Waals surface area contributed by atoms with Crippen molar-refractivity contribution >= 4 is 23.1 Å². The number of amidine groups is 1. The number of hydrogen-bond acceptors (Lipinski definition) is 5. The number of hydrogen-bond donors (Lipinski definition) is 0. The topological polar surface area (TPSA) is 48.4 Å². The highest BCUT2D eigenvalue weighted by Crippen LogP contribution is 2.49. The van der Waals surface area contributed by atoms with Gasteiger partial charge >= 0.3 is 0 Å². The third-order valence-electron chi connectivity index (χ3n) is 7.88. The number of nitrogens with zero attached hydrogens (tertiary/aromatic N) is 4. The maximum Gasteiger partial charge on any atom is 0.240 e. The highest BCUT2D eigenvalue weighted by Gasteiger charge is 2.60. The summed E-state index contributed by atoms with van der Waals surface area (Å²) in [6.07, 6.45) is 5.29. The van der Waals surface area contributed by atoms with E-state index in [0.29, 0.717) is 0 Å². The second kappa shape index (κ2) is 9.51. The van der Waals surface area contributed by atoms with Crippen LogP contribution in [0.2, 0.25) is 0 Å². The fourth-order valence-corrected chi connectivity index (χ4v) is 5.92. The van der Waals surface area contributed by atoms with Crippen LogP contribution in [-0.2, 0) is 4.79 Å². The Morgan fingerprint density at radius 1 is 0.912 bits per heavy atom. The van der Waals surface area contributed by atoms with Crippen LogP contribution in [0, 0.1) is 12.3 Å². The maximum absolute atomic E-state index is 14.4. The molecule has 2 aromatic rings. The van der Waals surface area contributed by atoms with Crippen molar-refractivity contribution in [2.45, 2.75) is 45.1 Å². The highest BCUT2D eigenvalue weighted by atomic mass is 16.5. The van der Waals surface area contributed by atoms with Gasteiger partial charge in [0.05, 0.1) is 29.9 Å². The molecule has 180 valence electrons. The Morgan fingerprint density at radius 3 is 2.18 bits per heavy atom. The summed E-state index contributed by atoms with van der Waals surface area (Å²) in [5, 5.41) is 0. The summed E-state index contributed by atoms with van der Waals surface area (Å²) >= 11 is 0. The fraction of sp³-hybridized carbons (Fsp3) is 0.500. The van der Waals surface area contributed by atoms with E-state index in [1.165, 1.54) is 12.0 Å². The minimum absolute atomic E-state index is 0.00240. The second-order valence-electron chi connectivity index (χ2n) is 10.1. The number of piperazine rings is 1. The number of amides is 1. The number of methoxy groups -OCH3 is 1. The molecule has 2 aliphatic heterocycles. The molecule has 5 rings (SSSR count). The molecule has 0 radical (unpaired) electrons. The maximum atomic E-state index is 14.4. The molecule has 1 aliphatic carbocycles. The van der Waals surface area contributed by atoms with Crippen LogP contribution in [0.25, 0.3) is 0 Å². The standard InChI is InChI=1S/C28H36N4O2/c1-21-7-11-23(12-8-21)32-26(29-22-9-13-24(34-3)14-10-22)25(31-19-17-30(2)18-20-31)28(27(32)33)15-5-4-6-16-28/h7-14,25H,4-6,15-20H2,1-3H3. The Morgan fingerprint density at radius 2 is 1.56 bits per heavy atom. The van der Waals surface area contributed by atoms with Gasteiger partial charge in [-0.25, -0.2) is 4.99 Å². The molecule has 2 saturated heterocycles. The van der Waals surface area contributed by atoms with E-state index in [1.54, 1.807) is 7.11 Å². The molecule has 1 atom stereocenters. The van der Waals surface area contributed by atoms with Gasteiger partial charge in [-0.15, -0.1) is 0 Å². The molecule has 1 amide bonds. The zero-order chi connectivity index (χ0) is 23.7. The first-order chi connectivity index (χ1) is 16.5. The zero-order valence-electron chi connectivity index (χ0n) is 20.7. The summed E-state index contributed by atoms with van der Waals surface area (Å²) in [6.45, 7) is 6.03. The minimum atomic E-state index is -0.398. The molecule has 3 fully saturated rings. The van der Waals surface area contributed by atoms with Crippen molar-refractivity contribution < 1.29 is 9.53 Å². The van der Waals surface area contributed by atoms with Gasteiger partial charge < -0.3 is 9.64 Å². The third kappa shape index (κ3) is 4.14. The molecule has 1 spiro atoms. The summed E-state index contributed by atoms with van der Waals surface area (Å²) in [4.78, 5) is 26.4. The quantitative estimate of drug-likeness (QED) is 0.667. The Balaban J connectivity index is 1.65. The van der Waals surface area contributed by atoms with Crippen LogP contribution in [0.4, 0.5) is 11.4 Å². The van der Waals surface area contributed by atoms with Gasteiger partial charge in [-0.1, -0.05) is 37.0 Å². The molecule has 0 N–H and O–H groups in total. The molecule has 2 aromatic carbocycles. The molecule has 6 nitrogen and oxygen atoms in total. The van der Waals surface area contributed by atoms with E-state index in [2.05, 4.69) is 48.0 Å². The molecule has 2 heterocycles. The van der Waals surface area contributed by atoms with Crippen molar-refractivity contribution in [3.05, 3.63) is 54.1 Å². The van der Waals surface area contributed by atoms with E-state index in [0.717, 1.165) is 74.8 Å². The van der Waals surface area contributed by atoms with E-state index in [1.807, 2.05) is 29.2 Å². The lowest BCUT2D eigenvalue weighted by Gasteiger charge is -2.44. The van der Waals surface area contributed by atoms with Gasteiger partial charge in [-0.2, -0.15) is 0 Å². The second-order valence-corrected chi connectivity index (χ2v) is 10.1. The summed E-state index contributed by atoms with van der Waals surface area (Å²) in [5.41, 5.74) is 2.56. The van der Waals surface area contributed by atoms with Gasteiger partial charge in [-0.05, 0) is 63.2 Å². The Kier molecular flexibility index (Phi) is 6.45. The molecule has 6 heteroatoms. The average molecular weight is 461 g/mol. The van der Waals surface area contributed by atoms with Gasteiger partial charge in [0, 0.05) is 26.2 Å². The summed E-state index contributed by atoms with van der Waals surface area (Å²) < 4.78 is 5.35. The zero-order valence-corrected chi connectivity index (χ0v) is 20.7. The van der Waals surface area contributed by atoms with Gasteiger partial charge in [-0.3, -0.25) is 14.6 Å². The van der Waals surface area contributed by atoms with E-state index >= 15 is 0 Å². The molecule has 0 bridgehead atoms. The molecule has 1 saturated carbocycles. The van der Waals surface area contributed by atoms with E-state index in [4.69, 9.17) is 9.73 Å². The van der Waals surface area contributed by atoms with Crippen LogP contribution in [0.1, 0.15) is 37.7 Å². The number of aryl methyl sites for hydroxylation is 1. The highest BCUT2D eigenvalue weighted by molar-refractivity contribution is 6.27. The number of benzene rings is 2. The average Bonchev–Trinajstić information content (AvgIpc) is 3.08. The number of carbonyl (C=O) groups is 1. The van der Waals surface area contributed by atoms with Gasteiger partial charge in [0.1, 0.15) is 11.6 Å². The largest absolute Gasteiger partial charge is 0.497 e.